The number of carboxylic acids is 1. The largest absolute Gasteiger partial charge is 0.545 e. The van der Waals surface area contributed by atoms with Crippen molar-refractivity contribution < 1.29 is 42.9 Å². The van der Waals surface area contributed by atoms with Gasteiger partial charge in [0.05, 0.1) is 40.3 Å². The van der Waals surface area contributed by atoms with Crippen LogP contribution in [0.5, 0.6) is 0 Å². The number of nitrogens with zero attached hydrogens (tertiary/aromatic N) is 1. The average molecular weight is 1470 g/mol. The maximum atomic E-state index is 13.0. The van der Waals surface area contributed by atoms with Gasteiger partial charge in [-0.25, -0.2) is 0 Å². The minimum atomic E-state index is -1.63. The second-order valence-corrected chi connectivity index (χ2v) is 31.2. The molecule has 0 heterocycles. The van der Waals surface area contributed by atoms with Crippen molar-refractivity contribution in [2.24, 2.45) is 0 Å². The van der Waals surface area contributed by atoms with Crippen LogP contribution in [-0.2, 0) is 33.3 Å². The molecule has 0 saturated heterocycles. The third kappa shape index (κ3) is 86.8. The number of unbranched alkanes of at least 4 members (excludes halogenated alkanes) is 48. The molecule has 105 heavy (non-hydrogen) atoms. The lowest BCUT2D eigenvalue weighted by molar-refractivity contribution is -0.870. The van der Waals surface area contributed by atoms with Crippen LogP contribution < -0.4 is 5.11 Å². The second-order valence-electron chi connectivity index (χ2n) is 31.2. The summed E-state index contributed by atoms with van der Waals surface area (Å²) < 4.78 is 22.9. The third-order valence-corrected chi connectivity index (χ3v) is 19.7. The van der Waals surface area contributed by atoms with Crippen LogP contribution >= 0.6 is 0 Å². The van der Waals surface area contributed by atoms with Crippen molar-refractivity contribution in [2.45, 2.75) is 424 Å². The highest BCUT2D eigenvalue weighted by Crippen LogP contribution is 2.20. The van der Waals surface area contributed by atoms with Crippen molar-refractivity contribution in [3.8, 4) is 0 Å². The van der Waals surface area contributed by atoms with E-state index in [-0.39, 0.29) is 32.2 Å². The number of aliphatic carboxylic acids is 1. The molecule has 0 radical (unpaired) electrons. The van der Waals surface area contributed by atoms with Gasteiger partial charge in [0.1, 0.15) is 13.2 Å². The number of likely N-dealkylation sites (N-methyl/N-ethyl adjacent to an activating group) is 1. The molecule has 9 nitrogen and oxygen atoms in total. The predicted molar refractivity (Wildman–Crippen MR) is 453 cm³/mol. The van der Waals surface area contributed by atoms with Gasteiger partial charge in [0, 0.05) is 12.8 Å². The Morgan fingerprint density at radius 3 is 0.810 bits per heavy atom. The van der Waals surface area contributed by atoms with Gasteiger partial charge in [-0.05, 0) is 109 Å². The van der Waals surface area contributed by atoms with Crippen molar-refractivity contribution in [2.75, 3.05) is 47.5 Å². The molecule has 0 aromatic carbocycles. The van der Waals surface area contributed by atoms with Gasteiger partial charge in [0.15, 0.2) is 12.4 Å². The van der Waals surface area contributed by atoms with Crippen LogP contribution in [0.3, 0.4) is 0 Å². The summed E-state index contributed by atoms with van der Waals surface area (Å²) in [7, 11) is 5.95. The first kappa shape index (κ1) is 101. The number of carbonyl (C=O) groups is 3. The SMILES string of the molecule is CC/C=C\C/C=C\C/C=C\C/C=C\C/C=C\C/C=C\C/C=C\C/C=C\CCCCCCCCCCCCCCCCC(=O)OC(COC(=O)CCCCCCCCCCCCCCCCCCCCCCCCCCCCCCC/C=C\C/C=C\CCCCCCC)COC(OCC[N+](C)(C)C)C(=O)[O-]. The fourth-order valence-electron chi connectivity index (χ4n) is 12.9. The maximum Gasteiger partial charge on any atom is 0.306 e. The van der Waals surface area contributed by atoms with Crippen LogP contribution in [0.1, 0.15) is 412 Å². The Bertz CT molecular complexity index is 2160. The number of ether oxygens (including phenoxy) is 4. The zero-order valence-electron chi connectivity index (χ0n) is 69.6. The minimum Gasteiger partial charge on any atom is -0.545 e. The molecule has 0 aromatic heterocycles. The highest BCUT2D eigenvalue weighted by Gasteiger charge is 2.22. The minimum absolute atomic E-state index is 0.146. The molecule has 0 bridgehead atoms. The van der Waals surface area contributed by atoms with Crippen LogP contribution in [0, 0.1) is 0 Å². The van der Waals surface area contributed by atoms with Crippen LogP contribution in [-0.4, -0.2) is 82.3 Å². The van der Waals surface area contributed by atoms with Gasteiger partial charge in [-0.1, -0.05) is 411 Å². The summed E-state index contributed by atoms with van der Waals surface area (Å²) in [5.74, 6) is -2.26. The van der Waals surface area contributed by atoms with Gasteiger partial charge in [-0.15, -0.1) is 0 Å². The van der Waals surface area contributed by atoms with Crippen LogP contribution in [0.25, 0.3) is 0 Å². The summed E-state index contributed by atoms with van der Waals surface area (Å²) in [5, 5.41) is 11.9. The van der Waals surface area contributed by atoms with E-state index in [4.69, 9.17) is 18.9 Å². The molecule has 0 aromatic rings. The van der Waals surface area contributed by atoms with Crippen molar-refractivity contribution >= 4 is 17.9 Å². The Hall–Kier alpha value is -4.31. The van der Waals surface area contributed by atoms with E-state index in [1.54, 1.807) is 0 Å². The predicted octanol–water partition coefficient (Wildman–Crippen LogP) is 28.0. The zero-order chi connectivity index (χ0) is 76.0. The van der Waals surface area contributed by atoms with E-state index in [1.807, 2.05) is 21.1 Å². The molecule has 0 saturated carbocycles. The highest BCUT2D eigenvalue weighted by molar-refractivity contribution is 5.70. The molecule has 2 atom stereocenters. The van der Waals surface area contributed by atoms with Crippen molar-refractivity contribution in [3.05, 3.63) is 122 Å². The van der Waals surface area contributed by atoms with Crippen molar-refractivity contribution in [1.82, 2.24) is 0 Å². The Morgan fingerprint density at radius 2 is 0.543 bits per heavy atom. The van der Waals surface area contributed by atoms with E-state index in [9.17, 15) is 19.5 Å². The van der Waals surface area contributed by atoms with Crippen LogP contribution in [0.15, 0.2) is 122 Å². The number of hydrogen-bond acceptors (Lipinski definition) is 8. The molecule has 0 fully saturated rings. The molecule has 0 aliphatic rings. The van der Waals surface area contributed by atoms with Crippen molar-refractivity contribution in [1.29, 1.82) is 0 Å². The van der Waals surface area contributed by atoms with Crippen molar-refractivity contribution in [3.63, 3.8) is 0 Å². The Balaban J connectivity index is 3.95. The molecule has 606 valence electrons. The molecular formula is C96H169NO8. The lowest BCUT2D eigenvalue weighted by Crippen LogP contribution is -2.44. The van der Waals surface area contributed by atoms with E-state index < -0.39 is 24.3 Å². The summed E-state index contributed by atoms with van der Waals surface area (Å²) in [4.78, 5) is 37.7. The number of quaternary nitrogens is 1. The fourth-order valence-corrected chi connectivity index (χ4v) is 12.9. The Labute approximate surface area is 650 Å². The smallest absolute Gasteiger partial charge is 0.306 e. The van der Waals surface area contributed by atoms with Gasteiger partial charge in [0.25, 0.3) is 0 Å². The highest BCUT2D eigenvalue weighted by atomic mass is 16.7. The van der Waals surface area contributed by atoms with Gasteiger partial charge in [0.2, 0.25) is 0 Å². The van der Waals surface area contributed by atoms with Crippen LogP contribution in [0.2, 0.25) is 0 Å². The fraction of sp³-hybridized carbons (Fsp3) is 0.760. The van der Waals surface area contributed by atoms with E-state index in [1.165, 1.54) is 283 Å². The Morgan fingerprint density at radius 1 is 0.295 bits per heavy atom. The Kier molecular flexibility index (Phi) is 81.8. The lowest BCUT2D eigenvalue weighted by Gasteiger charge is -2.26. The maximum absolute atomic E-state index is 13.0. The molecular weight excluding hydrogens is 1300 g/mol. The second kappa shape index (κ2) is 85.3. The first-order valence-corrected chi connectivity index (χ1v) is 44.7. The van der Waals surface area contributed by atoms with Gasteiger partial charge < -0.3 is 33.3 Å². The normalized spacial score (nSPS) is 13.2. The molecule has 0 spiro atoms. The number of carboxylic acid groups (broad SMARTS) is 1. The standard InChI is InChI=1S/C96H169NO8/c1-6-8-10-12-14-16-18-20-22-24-26-28-30-32-34-36-38-40-42-44-46-47-49-50-52-54-56-58-60-62-64-66-68-70-72-74-76-78-80-82-84-86-93(98)103-90-92(91-104-96(95(100)101)102-89-88-97(3,4)5)105-94(99)87-85-83-81-79-77-75-73-71-69-67-65-63-61-59-57-55-53-51-48-45-43-41-39-37-35-33-31-29-27-25-23-21-19-17-15-13-11-9-7-2/h9,11,15,17-18,20-21,23-24,26-27,29,33,35,39,41,45,48,53,55,92,96H,6-8,10,12-14,16,19,22,25,28,30-32,34,36-38,40,42-44,46-47,49-52,54,56-91H2,1-5H3/b11-9-,17-15-,20-18-,23-21-,26-24-,29-27-,35-33-,41-39-,48-45-,55-53-. The number of allylic oxidation sites excluding steroid dienone is 20. The van der Waals surface area contributed by atoms with E-state index >= 15 is 0 Å². The van der Waals surface area contributed by atoms with Gasteiger partial charge in [-0.2, -0.15) is 0 Å². The lowest BCUT2D eigenvalue weighted by atomic mass is 10.0. The van der Waals surface area contributed by atoms with E-state index in [2.05, 4.69) is 135 Å². The third-order valence-electron chi connectivity index (χ3n) is 19.7. The molecule has 0 amide bonds. The summed E-state index contributed by atoms with van der Waals surface area (Å²) in [6, 6.07) is 0. The quantitative estimate of drug-likeness (QED) is 0.0195. The number of esters is 2. The number of rotatable bonds is 83. The summed E-state index contributed by atoms with van der Waals surface area (Å²) in [5.41, 5.74) is 0. The first-order chi connectivity index (χ1) is 51.6. The van der Waals surface area contributed by atoms with Crippen LogP contribution in [0.4, 0.5) is 0 Å². The average Bonchev–Trinajstić information content (AvgIpc) is 1.97. The summed E-state index contributed by atoms with van der Waals surface area (Å²) in [6.07, 6.45) is 119. The van der Waals surface area contributed by atoms with Gasteiger partial charge >= 0.3 is 11.9 Å². The topological polar surface area (TPSA) is 111 Å². The molecule has 2 unspecified atom stereocenters. The summed E-state index contributed by atoms with van der Waals surface area (Å²) in [6.45, 7) is 4.67. The molecule has 0 aliphatic carbocycles. The number of hydrogen-bond donors (Lipinski definition) is 0. The van der Waals surface area contributed by atoms with Gasteiger partial charge in [-0.3, -0.25) is 9.59 Å². The molecule has 0 N–H and O–H groups in total. The zero-order valence-corrected chi connectivity index (χ0v) is 69.6. The number of carbonyl (C=O) groups excluding carboxylic acids is 3. The van der Waals surface area contributed by atoms with E-state index in [0.29, 0.717) is 23.9 Å². The summed E-state index contributed by atoms with van der Waals surface area (Å²) >= 11 is 0. The van der Waals surface area contributed by atoms with E-state index in [0.717, 1.165) is 96.3 Å². The molecule has 0 rings (SSSR count). The first-order valence-electron chi connectivity index (χ1n) is 44.7. The molecule has 0 aliphatic heterocycles. The molecule has 9 heteroatoms. The monoisotopic (exact) mass is 1460 g/mol.